The molecule has 2 nitrogen and oxygen atoms in total. The third-order valence-electron chi connectivity index (χ3n) is 1.35. The molecule has 0 saturated heterocycles. The Hall–Kier alpha value is 0.01000. The Balaban J connectivity index is 3.49. The van der Waals surface area contributed by atoms with Crippen LogP contribution in [0.3, 0.4) is 0 Å². The van der Waals surface area contributed by atoms with Gasteiger partial charge in [-0.2, -0.15) is 11.8 Å². The molecule has 0 aliphatic carbocycles. The van der Waals surface area contributed by atoms with Gasteiger partial charge in [-0.15, -0.1) is 6.58 Å². The maximum atomic E-state index is 5.36. The first-order chi connectivity index (χ1) is 5.20. The maximum Gasteiger partial charge on any atom is 0.0338 e. The summed E-state index contributed by atoms with van der Waals surface area (Å²) < 4.78 is 0. The number of nitrogens with one attached hydrogen (secondary N) is 1. The van der Waals surface area contributed by atoms with Crippen LogP contribution >= 0.6 is 11.8 Å². The second-order valence-electron chi connectivity index (χ2n) is 2.68. The molecule has 66 valence electrons. The molecule has 0 rings (SSSR count). The molecular weight excluding hydrogens is 156 g/mol. The summed E-state index contributed by atoms with van der Waals surface area (Å²) in [7, 11) is 0. The Kier molecular flexibility index (Phi) is 6.71. The van der Waals surface area contributed by atoms with E-state index in [-0.39, 0.29) is 0 Å². The predicted molar refractivity (Wildman–Crippen MR) is 53.5 cm³/mol. The van der Waals surface area contributed by atoms with Crippen molar-refractivity contribution in [3.05, 3.63) is 12.2 Å². The summed E-state index contributed by atoms with van der Waals surface area (Å²) in [5.41, 5.74) is 3.97. The summed E-state index contributed by atoms with van der Waals surface area (Å²) in [6.07, 6.45) is 0.976. The topological polar surface area (TPSA) is 38.0 Å². The lowest BCUT2D eigenvalue weighted by molar-refractivity contribution is 0.574. The van der Waals surface area contributed by atoms with E-state index >= 15 is 0 Å². The molecule has 0 amide bonds. The van der Waals surface area contributed by atoms with Gasteiger partial charge in [0, 0.05) is 11.8 Å². The zero-order chi connectivity index (χ0) is 8.69. The van der Waals surface area contributed by atoms with Crippen LogP contribution in [0.4, 0.5) is 0 Å². The number of nitrogens with two attached hydrogens (primary N) is 1. The normalized spacial score (nSPS) is 13.0. The average molecular weight is 174 g/mol. The molecule has 0 heterocycles. The van der Waals surface area contributed by atoms with Gasteiger partial charge in [0.1, 0.15) is 0 Å². The van der Waals surface area contributed by atoms with Gasteiger partial charge in [-0.05, 0) is 19.1 Å². The lowest BCUT2D eigenvalue weighted by Gasteiger charge is -2.14. The Morgan fingerprint density at radius 2 is 2.36 bits per heavy atom. The van der Waals surface area contributed by atoms with Gasteiger partial charge in [-0.1, -0.05) is 12.5 Å². The van der Waals surface area contributed by atoms with Crippen molar-refractivity contribution in [2.75, 3.05) is 11.5 Å². The van der Waals surface area contributed by atoms with E-state index in [0.29, 0.717) is 6.04 Å². The van der Waals surface area contributed by atoms with Crippen molar-refractivity contribution in [1.29, 1.82) is 0 Å². The summed E-state index contributed by atoms with van der Waals surface area (Å²) in [5, 5.41) is 0. The summed E-state index contributed by atoms with van der Waals surface area (Å²) >= 11 is 1.90. The molecule has 0 bridgehead atoms. The number of hydrogen-bond donors (Lipinski definition) is 2. The van der Waals surface area contributed by atoms with E-state index in [0.717, 1.165) is 17.9 Å². The smallest absolute Gasteiger partial charge is 0.0338 e. The molecule has 0 radical (unpaired) electrons. The van der Waals surface area contributed by atoms with E-state index in [4.69, 9.17) is 5.84 Å². The Bertz CT molecular complexity index is 115. The lowest BCUT2D eigenvalue weighted by Crippen LogP contribution is -2.37. The molecular formula is C8H18N2S. The van der Waals surface area contributed by atoms with Crippen LogP contribution in [-0.2, 0) is 0 Å². The Labute approximate surface area is 73.6 Å². The summed E-state index contributed by atoms with van der Waals surface area (Å²) in [4.78, 5) is 0. The molecule has 0 saturated carbocycles. The first kappa shape index (κ1) is 11.0. The Morgan fingerprint density at radius 3 is 2.73 bits per heavy atom. The van der Waals surface area contributed by atoms with Gasteiger partial charge >= 0.3 is 0 Å². The van der Waals surface area contributed by atoms with Crippen molar-refractivity contribution in [1.82, 2.24) is 5.43 Å². The molecule has 0 aliphatic heterocycles. The largest absolute Gasteiger partial charge is 0.271 e. The second kappa shape index (κ2) is 6.70. The number of thioether (sulfide) groups is 1. The van der Waals surface area contributed by atoms with Gasteiger partial charge in [0.25, 0.3) is 0 Å². The van der Waals surface area contributed by atoms with Crippen LogP contribution in [0.1, 0.15) is 20.3 Å². The molecule has 0 aromatic carbocycles. The van der Waals surface area contributed by atoms with Gasteiger partial charge in [-0.25, -0.2) is 0 Å². The molecule has 3 N–H and O–H groups in total. The number of hydrazine groups is 1. The first-order valence-electron chi connectivity index (χ1n) is 3.89. The van der Waals surface area contributed by atoms with Gasteiger partial charge in [0.15, 0.2) is 0 Å². The van der Waals surface area contributed by atoms with E-state index in [1.54, 1.807) is 0 Å². The lowest BCUT2D eigenvalue weighted by atomic mass is 10.1. The predicted octanol–water partition coefficient (Wildman–Crippen LogP) is 1.54. The van der Waals surface area contributed by atoms with Crippen molar-refractivity contribution in [2.45, 2.75) is 26.3 Å². The first-order valence-corrected chi connectivity index (χ1v) is 5.04. The van der Waals surface area contributed by atoms with Crippen LogP contribution in [0.25, 0.3) is 0 Å². The van der Waals surface area contributed by atoms with Crippen LogP contribution in [0.15, 0.2) is 12.2 Å². The molecule has 0 fully saturated rings. The van der Waals surface area contributed by atoms with Crippen molar-refractivity contribution >= 4 is 11.8 Å². The second-order valence-corrected chi connectivity index (χ2v) is 4.00. The molecule has 0 aromatic rings. The molecule has 0 spiro atoms. The van der Waals surface area contributed by atoms with Crippen molar-refractivity contribution < 1.29 is 0 Å². The highest BCUT2D eigenvalue weighted by Crippen LogP contribution is 2.08. The van der Waals surface area contributed by atoms with Gasteiger partial charge in [-0.3, -0.25) is 11.3 Å². The van der Waals surface area contributed by atoms with Crippen LogP contribution in [0, 0.1) is 0 Å². The van der Waals surface area contributed by atoms with Crippen LogP contribution in [-0.4, -0.2) is 17.5 Å². The molecule has 0 aromatic heterocycles. The van der Waals surface area contributed by atoms with Crippen LogP contribution in [0.2, 0.25) is 0 Å². The monoisotopic (exact) mass is 174 g/mol. The van der Waals surface area contributed by atoms with Crippen molar-refractivity contribution in [2.24, 2.45) is 5.84 Å². The fraction of sp³-hybridized carbons (Fsp3) is 0.750. The molecule has 11 heavy (non-hydrogen) atoms. The summed E-state index contributed by atoms with van der Waals surface area (Å²) in [5.74, 6) is 7.57. The molecule has 1 unspecified atom stereocenters. The minimum atomic E-state index is 0.387. The van der Waals surface area contributed by atoms with E-state index < -0.39 is 0 Å². The van der Waals surface area contributed by atoms with Gasteiger partial charge in [0.2, 0.25) is 0 Å². The SMILES string of the molecule is C=C(C)CC(CSCC)NN. The highest BCUT2D eigenvalue weighted by Gasteiger charge is 2.04. The molecule has 1 atom stereocenters. The van der Waals surface area contributed by atoms with Gasteiger partial charge in [0.05, 0.1) is 0 Å². The number of hydrogen-bond acceptors (Lipinski definition) is 3. The highest BCUT2D eigenvalue weighted by atomic mass is 32.2. The van der Waals surface area contributed by atoms with Crippen molar-refractivity contribution in [3.63, 3.8) is 0 Å². The fourth-order valence-corrected chi connectivity index (χ4v) is 1.58. The van der Waals surface area contributed by atoms with Crippen LogP contribution < -0.4 is 11.3 Å². The zero-order valence-corrected chi connectivity index (χ0v) is 8.21. The third-order valence-corrected chi connectivity index (χ3v) is 2.40. The quantitative estimate of drug-likeness (QED) is 0.364. The summed E-state index contributed by atoms with van der Waals surface area (Å²) in [6, 6.07) is 0.387. The average Bonchev–Trinajstić information content (AvgIpc) is 1.97. The van der Waals surface area contributed by atoms with Crippen LogP contribution in [0.5, 0.6) is 0 Å². The van der Waals surface area contributed by atoms with E-state index in [1.165, 1.54) is 5.57 Å². The van der Waals surface area contributed by atoms with Crippen molar-refractivity contribution in [3.8, 4) is 0 Å². The molecule has 0 aliphatic rings. The van der Waals surface area contributed by atoms with E-state index in [9.17, 15) is 0 Å². The molecule has 3 heteroatoms. The zero-order valence-electron chi connectivity index (χ0n) is 7.39. The third kappa shape index (κ3) is 6.41. The number of rotatable bonds is 6. The minimum Gasteiger partial charge on any atom is -0.271 e. The van der Waals surface area contributed by atoms with E-state index in [1.807, 2.05) is 18.7 Å². The Morgan fingerprint density at radius 1 is 1.73 bits per heavy atom. The summed E-state index contributed by atoms with van der Waals surface area (Å²) in [6.45, 7) is 8.03. The highest BCUT2D eigenvalue weighted by molar-refractivity contribution is 7.99. The fourth-order valence-electron chi connectivity index (χ4n) is 0.847. The standard InChI is InChI=1S/C8H18N2S/c1-4-11-6-8(10-9)5-7(2)3/h8,10H,2,4-6,9H2,1,3H3. The van der Waals surface area contributed by atoms with E-state index in [2.05, 4.69) is 18.9 Å². The minimum absolute atomic E-state index is 0.387. The maximum absolute atomic E-state index is 5.36. The van der Waals surface area contributed by atoms with Gasteiger partial charge < -0.3 is 0 Å².